The van der Waals surface area contributed by atoms with Crippen LogP contribution in [0.2, 0.25) is 0 Å². The normalized spacial score (nSPS) is 10.9. The molecule has 0 rings (SSSR count). The Morgan fingerprint density at radius 1 is 0.591 bits per heavy atom. The molecule has 0 unspecified atom stereocenters. The van der Waals surface area contributed by atoms with E-state index in [1.54, 1.807) is 0 Å². The molecule has 0 bridgehead atoms. The van der Waals surface area contributed by atoms with E-state index in [-0.39, 0.29) is 0 Å². The smallest absolute Gasteiger partial charge is 0.00579 e. The molecule has 0 saturated heterocycles. The van der Waals surface area contributed by atoms with Crippen molar-refractivity contribution in [3.8, 4) is 0 Å². The second-order valence-electron chi connectivity index (χ2n) is 7.16. The van der Waals surface area contributed by atoms with Gasteiger partial charge in [-0.25, -0.2) is 0 Å². The van der Waals surface area contributed by atoms with E-state index in [0.717, 1.165) is 0 Å². The zero-order chi connectivity index (χ0) is 16.5. The zero-order valence-electron chi connectivity index (χ0n) is 16.0. The number of hydrogen-bond acceptors (Lipinski definition) is 1. The summed E-state index contributed by atoms with van der Waals surface area (Å²) >= 11 is 0. The van der Waals surface area contributed by atoms with E-state index >= 15 is 0 Å². The number of nitrogens with zero attached hydrogens (tertiary/aromatic N) is 1. The van der Waals surface area contributed by atoms with Crippen LogP contribution in [0.4, 0.5) is 0 Å². The van der Waals surface area contributed by atoms with Crippen LogP contribution >= 0.6 is 0 Å². The van der Waals surface area contributed by atoms with Crippen LogP contribution in [0.15, 0.2) is 12.3 Å². The van der Waals surface area contributed by atoms with Crippen LogP contribution in [0.1, 0.15) is 110 Å². The van der Waals surface area contributed by atoms with Gasteiger partial charge in [-0.05, 0) is 12.8 Å². The van der Waals surface area contributed by atoms with Gasteiger partial charge in [-0.3, -0.25) is 0 Å². The van der Waals surface area contributed by atoms with Crippen LogP contribution in [-0.4, -0.2) is 19.0 Å². The minimum atomic E-state index is 1.17. The molecule has 0 fully saturated rings. The molecule has 0 spiro atoms. The summed E-state index contributed by atoms with van der Waals surface area (Å²) in [6.45, 7) is 6.38. The minimum absolute atomic E-state index is 1.17. The lowest BCUT2D eigenvalue weighted by Crippen LogP contribution is -2.09. The predicted octanol–water partition coefficient (Wildman–Crippen LogP) is 7.32. The van der Waals surface area contributed by atoms with Crippen molar-refractivity contribution in [2.45, 2.75) is 110 Å². The fourth-order valence-electron chi connectivity index (χ4n) is 2.92. The highest BCUT2D eigenvalue weighted by Crippen LogP contribution is 2.14. The van der Waals surface area contributed by atoms with E-state index in [0.29, 0.717) is 0 Å². The second-order valence-corrected chi connectivity index (χ2v) is 7.16. The summed E-state index contributed by atoms with van der Waals surface area (Å²) in [7, 11) is 4.18. The van der Waals surface area contributed by atoms with Crippen LogP contribution in [-0.2, 0) is 0 Å². The number of hydrogen-bond donors (Lipinski definition) is 0. The molecule has 0 aliphatic heterocycles. The Balaban J connectivity index is 3.04. The largest absolute Gasteiger partial charge is 0.381 e. The zero-order valence-corrected chi connectivity index (χ0v) is 16.0. The average Bonchev–Trinajstić information content (AvgIpc) is 2.50. The first-order valence-electron chi connectivity index (χ1n) is 10.0. The monoisotopic (exact) mass is 309 g/mol. The van der Waals surface area contributed by atoms with Gasteiger partial charge in [-0.2, -0.15) is 0 Å². The number of unbranched alkanes of at least 4 members (excludes halogenated alkanes) is 14. The van der Waals surface area contributed by atoms with Gasteiger partial charge in [0.15, 0.2) is 0 Å². The quantitative estimate of drug-likeness (QED) is 0.254. The van der Waals surface area contributed by atoms with Crippen LogP contribution in [0.3, 0.4) is 0 Å². The van der Waals surface area contributed by atoms with Gasteiger partial charge in [0, 0.05) is 19.8 Å². The lowest BCUT2D eigenvalue weighted by atomic mass is 10.0. The maximum atomic E-state index is 4.08. The van der Waals surface area contributed by atoms with E-state index < -0.39 is 0 Å². The average molecular weight is 310 g/mol. The van der Waals surface area contributed by atoms with E-state index in [9.17, 15) is 0 Å². The van der Waals surface area contributed by atoms with Crippen LogP contribution < -0.4 is 0 Å². The minimum Gasteiger partial charge on any atom is -0.381 e. The first kappa shape index (κ1) is 21.5. The van der Waals surface area contributed by atoms with Gasteiger partial charge in [0.25, 0.3) is 0 Å². The Labute approximate surface area is 141 Å². The van der Waals surface area contributed by atoms with E-state index in [2.05, 4.69) is 32.5 Å². The summed E-state index contributed by atoms with van der Waals surface area (Å²) in [5.41, 5.74) is 1.27. The maximum Gasteiger partial charge on any atom is 0.00579 e. The molecule has 0 saturated carbocycles. The molecule has 0 aliphatic carbocycles. The van der Waals surface area contributed by atoms with Gasteiger partial charge < -0.3 is 4.90 Å². The molecule has 0 aromatic carbocycles. The molecule has 0 N–H and O–H groups in total. The number of allylic oxidation sites excluding steroid dienone is 1. The number of rotatable bonds is 17. The lowest BCUT2D eigenvalue weighted by molar-refractivity contribution is 0.473. The standard InChI is InChI=1S/C21H43N/c1-5-6-7-8-9-10-11-12-13-14-15-16-17-18-19-20-21(2)22(3)4/h2,5-20H2,1,3-4H3. The molecule has 0 radical (unpaired) electrons. The Bertz CT molecular complexity index is 232. The molecule has 0 aromatic heterocycles. The molecular formula is C21H43N. The van der Waals surface area contributed by atoms with Crippen LogP contribution in [0.5, 0.6) is 0 Å². The highest BCUT2D eigenvalue weighted by atomic mass is 15.1. The van der Waals surface area contributed by atoms with Crippen molar-refractivity contribution >= 4 is 0 Å². The predicted molar refractivity (Wildman–Crippen MR) is 102 cm³/mol. The summed E-state index contributed by atoms with van der Waals surface area (Å²) < 4.78 is 0. The van der Waals surface area contributed by atoms with Crippen molar-refractivity contribution in [1.82, 2.24) is 4.90 Å². The third-order valence-corrected chi connectivity index (χ3v) is 4.70. The van der Waals surface area contributed by atoms with Gasteiger partial charge in [0.2, 0.25) is 0 Å². The Kier molecular flexibility index (Phi) is 16.5. The highest BCUT2D eigenvalue weighted by Gasteiger charge is 1.97. The first-order chi connectivity index (χ1) is 10.7. The van der Waals surface area contributed by atoms with Crippen molar-refractivity contribution < 1.29 is 0 Å². The van der Waals surface area contributed by atoms with Gasteiger partial charge in [0.1, 0.15) is 0 Å². The van der Waals surface area contributed by atoms with Gasteiger partial charge >= 0.3 is 0 Å². The van der Waals surface area contributed by atoms with Gasteiger partial charge in [0.05, 0.1) is 0 Å². The summed E-state index contributed by atoms with van der Waals surface area (Å²) in [6, 6.07) is 0. The molecule has 0 aromatic rings. The summed E-state index contributed by atoms with van der Waals surface area (Å²) in [6.07, 6.45) is 22.7. The van der Waals surface area contributed by atoms with Gasteiger partial charge in [-0.15, -0.1) is 0 Å². The summed E-state index contributed by atoms with van der Waals surface area (Å²) in [5.74, 6) is 0. The summed E-state index contributed by atoms with van der Waals surface area (Å²) in [4.78, 5) is 2.14. The lowest BCUT2D eigenvalue weighted by Gasteiger charge is -2.15. The fourth-order valence-corrected chi connectivity index (χ4v) is 2.92. The fraction of sp³-hybridized carbons (Fsp3) is 0.905. The molecule has 1 heteroatoms. The van der Waals surface area contributed by atoms with Gasteiger partial charge in [-0.1, -0.05) is 103 Å². The molecular weight excluding hydrogens is 266 g/mol. The molecule has 132 valence electrons. The van der Waals surface area contributed by atoms with E-state index in [1.165, 1.54) is 108 Å². The third-order valence-electron chi connectivity index (χ3n) is 4.70. The molecule has 1 nitrogen and oxygen atoms in total. The van der Waals surface area contributed by atoms with Crippen molar-refractivity contribution in [1.29, 1.82) is 0 Å². The maximum absolute atomic E-state index is 4.08. The van der Waals surface area contributed by atoms with E-state index in [1.807, 2.05) is 0 Å². The molecule has 22 heavy (non-hydrogen) atoms. The third kappa shape index (κ3) is 15.9. The first-order valence-corrected chi connectivity index (χ1v) is 10.0. The highest BCUT2D eigenvalue weighted by molar-refractivity contribution is 4.89. The topological polar surface area (TPSA) is 3.24 Å². The summed E-state index contributed by atoms with van der Waals surface area (Å²) in [5, 5.41) is 0. The molecule has 0 heterocycles. The van der Waals surface area contributed by atoms with Crippen molar-refractivity contribution in [3.05, 3.63) is 12.3 Å². The van der Waals surface area contributed by atoms with Crippen LogP contribution in [0.25, 0.3) is 0 Å². The SMILES string of the molecule is C=C(CCCCCCCCCCCCCCCCC)N(C)C. The van der Waals surface area contributed by atoms with Crippen molar-refractivity contribution in [2.24, 2.45) is 0 Å². The Hall–Kier alpha value is -0.460. The molecule has 0 amide bonds. The van der Waals surface area contributed by atoms with Crippen LogP contribution in [0, 0.1) is 0 Å². The second kappa shape index (κ2) is 16.9. The Morgan fingerprint density at radius 3 is 1.23 bits per heavy atom. The van der Waals surface area contributed by atoms with Crippen molar-refractivity contribution in [3.63, 3.8) is 0 Å². The molecule has 0 aliphatic rings. The van der Waals surface area contributed by atoms with E-state index in [4.69, 9.17) is 0 Å². The molecule has 0 atom stereocenters. The van der Waals surface area contributed by atoms with Crippen molar-refractivity contribution in [2.75, 3.05) is 14.1 Å². The Morgan fingerprint density at radius 2 is 0.909 bits per heavy atom.